The van der Waals surface area contributed by atoms with Crippen molar-refractivity contribution in [3.63, 3.8) is 0 Å². The minimum atomic E-state index is 0.904. The number of hydrogen-bond donors (Lipinski definition) is 0. The van der Waals surface area contributed by atoms with E-state index in [0.29, 0.717) is 0 Å². The molecule has 5 nitrogen and oxygen atoms in total. The molecule has 0 aliphatic carbocycles. The molecule has 0 fully saturated rings. The first kappa shape index (κ1) is 28.5. The molecular weight excluding hydrogens is 647 g/mol. The summed E-state index contributed by atoms with van der Waals surface area (Å²) >= 11 is 0. The molecule has 53 heavy (non-hydrogen) atoms. The molecular formula is C48H29N5. The van der Waals surface area contributed by atoms with Gasteiger partial charge in [0.1, 0.15) is 5.82 Å². The topological polar surface area (TPSA) is 38.9 Å². The van der Waals surface area contributed by atoms with E-state index in [1.54, 1.807) is 0 Å². The van der Waals surface area contributed by atoms with Gasteiger partial charge in [0.15, 0.2) is 0 Å². The molecule has 0 amide bonds. The Labute approximate surface area is 304 Å². The zero-order valence-corrected chi connectivity index (χ0v) is 28.5. The average Bonchev–Trinajstić information content (AvgIpc) is 3.75. The van der Waals surface area contributed by atoms with Crippen LogP contribution >= 0.6 is 0 Å². The molecule has 0 unspecified atom stereocenters. The summed E-state index contributed by atoms with van der Waals surface area (Å²) in [5.41, 5.74) is 12.2. The molecule has 0 spiro atoms. The van der Waals surface area contributed by atoms with E-state index in [-0.39, 0.29) is 0 Å². The lowest BCUT2D eigenvalue weighted by atomic mass is 9.95. The molecule has 1 aliphatic heterocycles. The highest BCUT2D eigenvalue weighted by Gasteiger charge is 2.29. The maximum atomic E-state index is 5.42. The highest BCUT2D eigenvalue weighted by molar-refractivity contribution is 6.26. The second-order valence-corrected chi connectivity index (χ2v) is 13.8. The maximum Gasteiger partial charge on any atom is 0.148 e. The van der Waals surface area contributed by atoms with Gasteiger partial charge in [-0.1, -0.05) is 97.1 Å². The normalized spacial score (nSPS) is 12.5. The third-order valence-electron chi connectivity index (χ3n) is 11.0. The molecule has 0 bridgehead atoms. The number of para-hydroxylation sites is 5. The number of fused-ring (bicyclic) bond motifs is 11. The highest BCUT2D eigenvalue weighted by atomic mass is 15.2. The summed E-state index contributed by atoms with van der Waals surface area (Å²) in [5, 5.41) is 8.27. The van der Waals surface area contributed by atoms with Gasteiger partial charge >= 0.3 is 0 Å². The van der Waals surface area contributed by atoms with Gasteiger partial charge in [0.2, 0.25) is 0 Å². The van der Waals surface area contributed by atoms with Crippen molar-refractivity contribution in [2.75, 3.05) is 4.90 Å². The fourth-order valence-electron chi connectivity index (χ4n) is 8.88. The van der Waals surface area contributed by atoms with Gasteiger partial charge < -0.3 is 9.13 Å². The van der Waals surface area contributed by atoms with Gasteiger partial charge in [0, 0.05) is 55.8 Å². The molecule has 0 atom stereocenters. The fraction of sp³-hybridized carbons (Fsp3) is 0. The van der Waals surface area contributed by atoms with Crippen molar-refractivity contribution >= 4 is 82.5 Å². The molecule has 246 valence electrons. The van der Waals surface area contributed by atoms with Crippen LogP contribution in [0.15, 0.2) is 176 Å². The number of rotatable bonds is 3. The standard InChI is InChI=1S/C48H29N5/c1-3-13-30(14-4-1)52-40-20-10-7-17-33(40)35-24-26-43-44(47(35)52)36-18-8-11-21-41(36)51(43)32-23-25-39-38(29-32)34-27-28-49-46-37-19-9-12-22-42(37)53(48(50-39)45(34)46)31-15-5-2-6-16-31/h1-29H. The van der Waals surface area contributed by atoms with Gasteiger partial charge in [-0.2, -0.15) is 0 Å². The Kier molecular flexibility index (Phi) is 5.71. The molecule has 0 saturated heterocycles. The van der Waals surface area contributed by atoms with Crippen LogP contribution in [0, 0.1) is 0 Å². The van der Waals surface area contributed by atoms with Crippen LogP contribution in [0.5, 0.6) is 0 Å². The fourth-order valence-corrected chi connectivity index (χ4v) is 8.88. The molecule has 1 aliphatic rings. The van der Waals surface area contributed by atoms with Crippen LogP contribution in [0.3, 0.4) is 0 Å². The largest absolute Gasteiger partial charge is 0.309 e. The summed E-state index contributed by atoms with van der Waals surface area (Å²) in [6.07, 6.45) is 1.95. The number of aromatic nitrogens is 4. The van der Waals surface area contributed by atoms with Crippen molar-refractivity contribution in [3.05, 3.63) is 176 Å². The van der Waals surface area contributed by atoms with Crippen LogP contribution in [-0.4, -0.2) is 19.1 Å². The first-order valence-corrected chi connectivity index (χ1v) is 18.0. The van der Waals surface area contributed by atoms with Crippen molar-refractivity contribution in [2.24, 2.45) is 0 Å². The predicted octanol–water partition coefficient (Wildman–Crippen LogP) is 12.4. The van der Waals surface area contributed by atoms with Crippen molar-refractivity contribution in [1.29, 1.82) is 0 Å². The van der Waals surface area contributed by atoms with Crippen molar-refractivity contribution in [2.45, 2.75) is 0 Å². The Morgan fingerprint density at radius 2 is 1.11 bits per heavy atom. The number of pyridine rings is 2. The Hall–Kier alpha value is -7.24. The summed E-state index contributed by atoms with van der Waals surface area (Å²) in [7, 11) is 0. The monoisotopic (exact) mass is 675 g/mol. The number of hydrogen-bond acceptors (Lipinski definition) is 3. The van der Waals surface area contributed by atoms with E-state index < -0.39 is 0 Å². The third-order valence-corrected chi connectivity index (χ3v) is 11.0. The lowest BCUT2D eigenvalue weighted by Crippen LogP contribution is -2.17. The third kappa shape index (κ3) is 3.85. The van der Waals surface area contributed by atoms with Gasteiger partial charge in [0.25, 0.3) is 0 Å². The summed E-state index contributed by atoms with van der Waals surface area (Å²) in [6, 6.07) is 60.8. The lowest BCUT2D eigenvalue weighted by molar-refractivity contribution is 1.17. The highest BCUT2D eigenvalue weighted by Crippen LogP contribution is 2.50. The summed E-state index contributed by atoms with van der Waals surface area (Å²) < 4.78 is 4.86. The number of benzene rings is 7. The maximum absolute atomic E-state index is 5.42. The van der Waals surface area contributed by atoms with Gasteiger partial charge in [0.05, 0.1) is 44.4 Å². The molecule has 7 aromatic carbocycles. The van der Waals surface area contributed by atoms with Gasteiger partial charge in [-0.15, -0.1) is 0 Å². The SMILES string of the molecule is c1ccc(N2c3ccccc3-c3nccc4c3c2nc2ccc(-n3c5ccccc5c5c3ccc3c6ccccc6n(-c6ccccc6)c35)cc24)cc1. The van der Waals surface area contributed by atoms with Gasteiger partial charge in [-0.25, -0.2) is 4.98 Å². The smallest absolute Gasteiger partial charge is 0.148 e. The molecule has 0 saturated carbocycles. The lowest BCUT2D eigenvalue weighted by Gasteiger charge is -2.32. The molecule has 11 aromatic rings. The zero-order valence-electron chi connectivity index (χ0n) is 28.5. The van der Waals surface area contributed by atoms with Crippen molar-refractivity contribution < 1.29 is 0 Å². The minimum absolute atomic E-state index is 0.904. The second kappa shape index (κ2) is 10.6. The summed E-state index contributed by atoms with van der Waals surface area (Å²) in [6.45, 7) is 0. The summed E-state index contributed by atoms with van der Waals surface area (Å²) in [4.78, 5) is 12.7. The van der Waals surface area contributed by atoms with Crippen molar-refractivity contribution in [3.8, 4) is 22.6 Å². The van der Waals surface area contributed by atoms with Crippen LogP contribution in [0.1, 0.15) is 0 Å². The van der Waals surface area contributed by atoms with Crippen LogP contribution in [0.2, 0.25) is 0 Å². The predicted molar refractivity (Wildman–Crippen MR) is 219 cm³/mol. The van der Waals surface area contributed by atoms with Gasteiger partial charge in [-0.05, 0) is 78.2 Å². The quantitative estimate of drug-likeness (QED) is 0.175. The van der Waals surface area contributed by atoms with Crippen LogP contribution in [-0.2, 0) is 0 Å². The number of anilines is 3. The zero-order chi connectivity index (χ0) is 34.6. The average molecular weight is 676 g/mol. The summed E-state index contributed by atoms with van der Waals surface area (Å²) in [5.74, 6) is 0.904. The Morgan fingerprint density at radius 3 is 1.94 bits per heavy atom. The Bertz CT molecular complexity index is 3280. The van der Waals surface area contributed by atoms with E-state index in [4.69, 9.17) is 9.97 Å². The van der Waals surface area contributed by atoms with E-state index in [1.807, 2.05) is 6.20 Å². The number of nitrogens with zero attached hydrogens (tertiary/aromatic N) is 5. The molecule has 4 aromatic heterocycles. The van der Waals surface area contributed by atoms with Crippen LogP contribution in [0.25, 0.3) is 87.9 Å². The van der Waals surface area contributed by atoms with Crippen molar-refractivity contribution in [1.82, 2.24) is 19.1 Å². The molecule has 0 N–H and O–H groups in total. The van der Waals surface area contributed by atoms with E-state index in [2.05, 4.69) is 184 Å². The van der Waals surface area contributed by atoms with Crippen LogP contribution < -0.4 is 4.90 Å². The van der Waals surface area contributed by atoms with E-state index >= 15 is 0 Å². The van der Waals surface area contributed by atoms with E-state index in [0.717, 1.165) is 61.5 Å². The van der Waals surface area contributed by atoms with E-state index in [1.165, 1.54) is 43.6 Å². The van der Waals surface area contributed by atoms with Crippen LogP contribution in [0.4, 0.5) is 17.2 Å². The molecule has 5 heteroatoms. The molecule has 5 heterocycles. The second-order valence-electron chi connectivity index (χ2n) is 13.8. The van der Waals surface area contributed by atoms with E-state index in [9.17, 15) is 0 Å². The Morgan fingerprint density at radius 1 is 0.415 bits per heavy atom. The first-order chi connectivity index (χ1) is 26.3. The first-order valence-electron chi connectivity index (χ1n) is 18.0. The van der Waals surface area contributed by atoms with Gasteiger partial charge in [-0.3, -0.25) is 9.88 Å². The molecule has 12 rings (SSSR count). The Balaban J connectivity index is 1.17. The minimum Gasteiger partial charge on any atom is -0.309 e. The molecule has 0 radical (unpaired) electrons.